The SMILES string of the molecule is CCOC(=O)c1[nH]c2cc(Cl)ccc2c1C(C(=O)NC(C)(C)C)N(C)C(=O)c1ccc(Cl)cc1. The number of nitrogens with one attached hydrogen (secondary N) is 2. The highest BCUT2D eigenvalue weighted by Gasteiger charge is 2.37. The molecule has 2 aromatic carbocycles. The number of ether oxygens (including phenoxy) is 1. The molecule has 0 aliphatic heterocycles. The average molecular weight is 504 g/mol. The minimum atomic E-state index is -1.14. The summed E-state index contributed by atoms with van der Waals surface area (Å²) in [5, 5.41) is 4.45. The van der Waals surface area contributed by atoms with Crippen LogP contribution in [-0.4, -0.2) is 46.9 Å². The van der Waals surface area contributed by atoms with Crippen molar-refractivity contribution in [2.45, 2.75) is 39.3 Å². The summed E-state index contributed by atoms with van der Waals surface area (Å²) in [5.41, 5.74) is 0.729. The number of fused-ring (bicyclic) bond motifs is 1. The minimum Gasteiger partial charge on any atom is -0.461 e. The monoisotopic (exact) mass is 503 g/mol. The fraction of sp³-hybridized carbons (Fsp3) is 0.320. The lowest BCUT2D eigenvalue weighted by molar-refractivity contribution is -0.127. The van der Waals surface area contributed by atoms with Crippen LogP contribution in [0.25, 0.3) is 10.9 Å². The maximum atomic E-state index is 13.6. The van der Waals surface area contributed by atoms with Crippen molar-refractivity contribution in [1.82, 2.24) is 15.2 Å². The van der Waals surface area contributed by atoms with Crippen LogP contribution in [0.3, 0.4) is 0 Å². The first-order valence-electron chi connectivity index (χ1n) is 10.8. The molecule has 9 heteroatoms. The lowest BCUT2D eigenvalue weighted by atomic mass is 9.98. The quantitative estimate of drug-likeness (QED) is 0.441. The van der Waals surface area contributed by atoms with Crippen LogP contribution in [-0.2, 0) is 9.53 Å². The summed E-state index contributed by atoms with van der Waals surface area (Å²) >= 11 is 12.1. The number of likely N-dealkylation sites (N-methyl/N-ethyl adjacent to an activating group) is 1. The molecule has 0 saturated carbocycles. The number of amides is 2. The number of nitrogens with zero attached hydrogens (tertiary/aromatic N) is 1. The second-order valence-electron chi connectivity index (χ2n) is 8.89. The van der Waals surface area contributed by atoms with Crippen LogP contribution in [0.1, 0.15) is 60.1 Å². The van der Waals surface area contributed by atoms with Gasteiger partial charge >= 0.3 is 5.97 Å². The molecule has 1 aromatic heterocycles. The summed E-state index contributed by atoms with van der Waals surface area (Å²) < 4.78 is 5.24. The second kappa shape index (κ2) is 10.1. The van der Waals surface area contributed by atoms with Crippen molar-refractivity contribution >= 4 is 51.9 Å². The van der Waals surface area contributed by atoms with Crippen molar-refractivity contribution in [2.75, 3.05) is 13.7 Å². The Morgan fingerprint density at radius 3 is 2.26 bits per heavy atom. The standard InChI is InChI=1S/C25H27Cl2N3O4/c1-6-34-24(33)20-19(17-12-11-16(27)13-18(17)28-20)21(22(31)29-25(2,3)4)30(5)23(32)14-7-9-15(26)10-8-14/h7-13,21,28H,6H2,1-5H3,(H,29,31). The summed E-state index contributed by atoms with van der Waals surface area (Å²) in [6, 6.07) is 10.3. The molecular weight excluding hydrogens is 477 g/mol. The Hall–Kier alpha value is -3.03. The van der Waals surface area contributed by atoms with Gasteiger partial charge in [0.2, 0.25) is 5.91 Å². The van der Waals surface area contributed by atoms with Crippen molar-refractivity contribution in [2.24, 2.45) is 0 Å². The van der Waals surface area contributed by atoms with Gasteiger partial charge in [-0.05, 0) is 64.1 Å². The van der Waals surface area contributed by atoms with E-state index in [4.69, 9.17) is 27.9 Å². The molecule has 2 N–H and O–H groups in total. The molecule has 2 amide bonds. The molecule has 1 unspecified atom stereocenters. The van der Waals surface area contributed by atoms with Crippen molar-refractivity contribution in [3.05, 3.63) is 69.3 Å². The number of hydrogen-bond donors (Lipinski definition) is 2. The van der Waals surface area contributed by atoms with Crippen molar-refractivity contribution in [3.63, 3.8) is 0 Å². The van der Waals surface area contributed by atoms with Crippen molar-refractivity contribution in [3.8, 4) is 0 Å². The van der Waals surface area contributed by atoms with E-state index in [0.717, 1.165) is 0 Å². The van der Waals surface area contributed by atoms with E-state index in [1.54, 1.807) is 49.4 Å². The van der Waals surface area contributed by atoms with E-state index >= 15 is 0 Å². The lowest BCUT2D eigenvalue weighted by Crippen LogP contribution is -2.48. The first-order valence-corrected chi connectivity index (χ1v) is 11.5. The number of aromatic nitrogens is 1. The maximum absolute atomic E-state index is 13.6. The summed E-state index contributed by atoms with van der Waals surface area (Å²) in [7, 11) is 1.52. The first-order chi connectivity index (χ1) is 15.9. The maximum Gasteiger partial charge on any atom is 0.355 e. The molecule has 3 rings (SSSR count). The molecule has 180 valence electrons. The third-order valence-electron chi connectivity index (χ3n) is 5.10. The summed E-state index contributed by atoms with van der Waals surface area (Å²) in [6.07, 6.45) is 0. The van der Waals surface area contributed by atoms with Gasteiger partial charge in [-0.25, -0.2) is 4.79 Å². The zero-order valence-corrected chi connectivity index (χ0v) is 21.2. The van der Waals surface area contributed by atoms with E-state index < -0.39 is 29.4 Å². The van der Waals surface area contributed by atoms with E-state index in [2.05, 4.69) is 10.3 Å². The van der Waals surface area contributed by atoms with Crippen LogP contribution < -0.4 is 5.32 Å². The minimum absolute atomic E-state index is 0.0870. The van der Waals surface area contributed by atoms with Gasteiger partial charge in [-0.3, -0.25) is 9.59 Å². The predicted molar refractivity (Wildman–Crippen MR) is 133 cm³/mol. The van der Waals surface area contributed by atoms with Gasteiger partial charge < -0.3 is 19.9 Å². The van der Waals surface area contributed by atoms with Crippen LogP contribution in [0, 0.1) is 0 Å². The van der Waals surface area contributed by atoms with Gasteiger partial charge in [0.25, 0.3) is 5.91 Å². The van der Waals surface area contributed by atoms with E-state index in [-0.39, 0.29) is 12.3 Å². The van der Waals surface area contributed by atoms with Gasteiger partial charge in [-0.2, -0.15) is 0 Å². The average Bonchev–Trinajstić information content (AvgIpc) is 3.11. The Balaban J connectivity index is 2.22. The summed E-state index contributed by atoms with van der Waals surface area (Å²) in [6.45, 7) is 7.35. The van der Waals surface area contributed by atoms with Gasteiger partial charge in [-0.1, -0.05) is 29.3 Å². The van der Waals surface area contributed by atoms with Gasteiger partial charge in [0.05, 0.1) is 6.61 Å². The van der Waals surface area contributed by atoms with Gasteiger partial charge in [0.1, 0.15) is 11.7 Å². The molecule has 0 bridgehead atoms. The fourth-order valence-corrected chi connectivity index (χ4v) is 3.99. The lowest BCUT2D eigenvalue weighted by Gasteiger charge is -2.31. The number of hydrogen-bond acceptors (Lipinski definition) is 4. The molecular formula is C25H27Cl2N3O4. The van der Waals surface area contributed by atoms with Gasteiger partial charge in [0, 0.05) is 44.7 Å². The Labute approximate surface area is 208 Å². The number of benzene rings is 2. The van der Waals surface area contributed by atoms with E-state index in [1.807, 2.05) is 20.8 Å². The Kier molecular flexibility index (Phi) is 7.58. The van der Waals surface area contributed by atoms with Gasteiger partial charge in [0.15, 0.2) is 0 Å². The van der Waals surface area contributed by atoms with Crippen LogP contribution >= 0.6 is 23.2 Å². The molecule has 0 aliphatic carbocycles. The molecule has 1 atom stereocenters. The Bertz CT molecular complexity index is 1230. The molecule has 3 aromatic rings. The number of H-pyrrole nitrogens is 1. The summed E-state index contributed by atoms with van der Waals surface area (Å²) in [4.78, 5) is 44.3. The molecule has 0 aliphatic rings. The van der Waals surface area contributed by atoms with E-state index in [9.17, 15) is 14.4 Å². The van der Waals surface area contributed by atoms with Crippen LogP contribution in [0.15, 0.2) is 42.5 Å². The molecule has 0 fully saturated rings. The number of rotatable bonds is 6. The van der Waals surface area contributed by atoms with E-state index in [0.29, 0.717) is 32.1 Å². The third-order valence-corrected chi connectivity index (χ3v) is 5.59. The molecule has 1 heterocycles. The molecule has 0 radical (unpaired) electrons. The van der Waals surface area contributed by atoms with Crippen LogP contribution in [0.2, 0.25) is 10.0 Å². The number of carbonyl (C=O) groups is 3. The van der Waals surface area contributed by atoms with Crippen LogP contribution in [0.4, 0.5) is 0 Å². The molecule has 34 heavy (non-hydrogen) atoms. The normalized spacial score (nSPS) is 12.3. The molecule has 7 nitrogen and oxygen atoms in total. The second-order valence-corrected chi connectivity index (χ2v) is 9.76. The number of esters is 1. The van der Waals surface area contributed by atoms with Crippen molar-refractivity contribution < 1.29 is 19.1 Å². The zero-order chi connectivity index (χ0) is 25.2. The van der Waals surface area contributed by atoms with E-state index in [1.165, 1.54) is 11.9 Å². The Morgan fingerprint density at radius 1 is 1.06 bits per heavy atom. The predicted octanol–water partition coefficient (Wildman–Crippen LogP) is 5.38. The molecule has 0 saturated heterocycles. The highest BCUT2D eigenvalue weighted by atomic mass is 35.5. The topological polar surface area (TPSA) is 91.5 Å². The van der Waals surface area contributed by atoms with Gasteiger partial charge in [-0.15, -0.1) is 0 Å². The number of aromatic amines is 1. The highest BCUT2D eigenvalue weighted by Crippen LogP contribution is 2.34. The molecule has 0 spiro atoms. The summed E-state index contributed by atoms with van der Waals surface area (Å²) in [5.74, 6) is -1.49. The third kappa shape index (κ3) is 5.54. The van der Waals surface area contributed by atoms with Crippen molar-refractivity contribution in [1.29, 1.82) is 0 Å². The number of carbonyl (C=O) groups excluding carboxylic acids is 3. The Morgan fingerprint density at radius 2 is 1.68 bits per heavy atom. The highest BCUT2D eigenvalue weighted by molar-refractivity contribution is 6.31. The zero-order valence-electron chi connectivity index (χ0n) is 19.7. The largest absolute Gasteiger partial charge is 0.461 e. The smallest absolute Gasteiger partial charge is 0.355 e. The first kappa shape index (κ1) is 25.6. The van der Waals surface area contributed by atoms with Crippen LogP contribution in [0.5, 0.6) is 0 Å². The number of halogens is 2. The fourth-order valence-electron chi connectivity index (χ4n) is 3.69.